The Hall–Kier alpha value is -2.84. The Morgan fingerprint density at radius 3 is 2.13 bits per heavy atom. The molecule has 0 aliphatic rings. The summed E-state index contributed by atoms with van der Waals surface area (Å²) in [4.78, 5) is 28.3. The first-order chi connectivity index (χ1) is 18.3. The van der Waals surface area contributed by atoms with Gasteiger partial charge in [0, 0.05) is 37.3 Å². The molecule has 2 aromatic carbocycles. The van der Waals surface area contributed by atoms with Gasteiger partial charge in [-0.3, -0.25) is 4.79 Å². The second-order valence-corrected chi connectivity index (χ2v) is 11.5. The van der Waals surface area contributed by atoms with E-state index in [1.54, 1.807) is 23.1 Å². The molecule has 0 saturated carbocycles. The summed E-state index contributed by atoms with van der Waals surface area (Å²) >= 11 is 0. The SMILES string of the molecule is CCCN(CCC)C(=O)c1cc(C)cc(C(=O)O[C@H](CNCCC(C)(C)C)[C@@H](N)Cc2cc(F)cc(F)c2)c1. The molecule has 2 rings (SSSR count). The van der Waals surface area contributed by atoms with Crippen molar-refractivity contribution in [1.29, 1.82) is 0 Å². The van der Waals surface area contributed by atoms with Gasteiger partial charge in [-0.05, 0) is 86.0 Å². The van der Waals surface area contributed by atoms with Gasteiger partial charge < -0.3 is 20.7 Å². The summed E-state index contributed by atoms with van der Waals surface area (Å²) in [5, 5.41) is 3.31. The van der Waals surface area contributed by atoms with Gasteiger partial charge in [-0.2, -0.15) is 0 Å². The van der Waals surface area contributed by atoms with Gasteiger partial charge in [0.1, 0.15) is 17.7 Å². The zero-order valence-electron chi connectivity index (χ0n) is 24.3. The van der Waals surface area contributed by atoms with Crippen molar-refractivity contribution in [2.24, 2.45) is 11.1 Å². The van der Waals surface area contributed by atoms with Crippen molar-refractivity contribution in [2.75, 3.05) is 26.2 Å². The van der Waals surface area contributed by atoms with E-state index < -0.39 is 29.7 Å². The number of carbonyl (C=O) groups excluding carboxylic acids is 2. The molecule has 0 radical (unpaired) electrons. The summed E-state index contributed by atoms with van der Waals surface area (Å²) in [6.07, 6.45) is 1.93. The molecule has 0 spiro atoms. The highest BCUT2D eigenvalue weighted by atomic mass is 19.1. The number of ether oxygens (including phenoxy) is 1. The number of rotatable bonds is 14. The quantitative estimate of drug-likeness (QED) is 0.237. The topological polar surface area (TPSA) is 84.7 Å². The Morgan fingerprint density at radius 2 is 1.56 bits per heavy atom. The first-order valence-electron chi connectivity index (χ1n) is 13.9. The number of nitrogens with zero attached hydrogens (tertiary/aromatic N) is 1. The van der Waals surface area contributed by atoms with E-state index >= 15 is 0 Å². The molecule has 2 aromatic rings. The van der Waals surface area contributed by atoms with Crippen molar-refractivity contribution < 1.29 is 23.1 Å². The summed E-state index contributed by atoms with van der Waals surface area (Å²) < 4.78 is 33.4. The number of halogens is 2. The molecule has 1 amide bonds. The van der Waals surface area contributed by atoms with E-state index in [4.69, 9.17) is 10.5 Å². The predicted molar refractivity (Wildman–Crippen MR) is 152 cm³/mol. The van der Waals surface area contributed by atoms with Crippen molar-refractivity contribution in [3.63, 3.8) is 0 Å². The summed E-state index contributed by atoms with van der Waals surface area (Å²) in [6, 6.07) is 7.56. The van der Waals surface area contributed by atoms with E-state index in [1.807, 2.05) is 20.8 Å². The minimum atomic E-state index is -0.764. The van der Waals surface area contributed by atoms with Crippen LogP contribution < -0.4 is 11.1 Å². The molecule has 3 N–H and O–H groups in total. The fourth-order valence-corrected chi connectivity index (χ4v) is 4.39. The highest BCUT2D eigenvalue weighted by Gasteiger charge is 2.25. The molecule has 0 saturated heterocycles. The lowest BCUT2D eigenvalue weighted by Gasteiger charge is -2.26. The van der Waals surface area contributed by atoms with Crippen molar-refractivity contribution in [3.05, 3.63) is 70.3 Å². The van der Waals surface area contributed by atoms with E-state index in [0.717, 1.165) is 30.9 Å². The number of hydrogen-bond donors (Lipinski definition) is 2. The van der Waals surface area contributed by atoms with Crippen LogP contribution in [0.5, 0.6) is 0 Å². The van der Waals surface area contributed by atoms with Crippen LogP contribution in [0.1, 0.15) is 85.7 Å². The maximum Gasteiger partial charge on any atom is 0.338 e. The van der Waals surface area contributed by atoms with Crippen LogP contribution in [0, 0.1) is 24.0 Å². The minimum absolute atomic E-state index is 0.119. The molecule has 0 aromatic heterocycles. The second kappa shape index (κ2) is 15.1. The predicted octanol–water partition coefficient (Wildman–Crippen LogP) is 5.66. The molecule has 216 valence electrons. The van der Waals surface area contributed by atoms with Crippen LogP contribution in [-0.4, -0.2) is 55.1 Å². The van der Waals surface area contributed by atoms with Crippen LogP contribution >= 0.6 is 0 Å². The number of nitrogens with one attached hydrogen (secondary N) is 1. The van der Waals surface area contributed by atoms with Gasteiger partial charge in [0.2, 0.25) is 0 Å². The van der Waals surface area contributed by atoms with E-state index in [9.17, 15) is 18.4 Å². The van der Waals surface area contributed by atoms with Gasteiger partial charge >= 0.3 is 5.97 Å². The van der Waals surface area contributed by atoms with Gasteiger partial charge in [-0.1, -0.05) is 34.6 Å². The number of aryl methyl sites for hydroxylation is 1. The average molecular weight is 546 g/mol. The fourth-order valence-electron chi connectivity index (χ4n) is 4.39. The first kappa shape index (κ1) is 32.4. The molecule has 6 nitrogen and oxygen atoms in total. The third kappa shape index (κ3) is 11.0. The smallest absolute Gasteiger partial charge is 0.338 e. The minimum Gasteiger partial charge on any atom is -0.456 e. The maximum absolute atomic E-state index is 13.8. The fraction of sp³-hybridized carbons (Fsp3) is 0.548. The van der Waals surface area contributed by atoms with Crippen LogP contribution in [0.15, 0.2) is 36.4 Å². The lowest BCUT2D eigenvalue weighted by molar-refractivity contribution is 0.0237. The van der Waals surface area contributed by atoms with E-state index in [-0.39, 0.29) is 29.9 Å². The Balaban J connectivity index is 2.25. The van der Waals surface area contributed by atoms with E-state index in [0.29, 0.717) is 30.8 Å². The normalized spacial score (nSPS) is 13.2. The molecule has 0 unspecified atom stereocenters. The van der Waals surface area contributed by atoms with Crippen molar-refractivity contribution in [2.45, 2.75) is 79.4 Å². The van der Waals surface area contributed by atoms with Crippen LogP contribution in [-0.2, 0) is 11.2 Å². The molecule has 0 fully saturated rings. The van der Waals surface area contributed by atoms with Crippen LogP contribution in [0.2, 0.25) is 0 Å². The van der Waals surface area contributed by atoms with E-state index in [1.165, 1.54) is 12.1 Å². The number of benzene rings is 2. The van der Waals surface area contributed by atoms with Gasteiger partial charge in [-0.25, -0.2) is 13.6 Å². The van der Waals surface area contributed by atoms with Gasteiger partial charge in [0.15, 0.2) is 0 Å². The largest absolute Gasteiger partial charge is 0.456 e. The summed E-state index contributed by atoms with van der Waals surface area (Å²) in [6.45, 7) is 14.5. The molecule has 8 heteroatoms. The molecule has 0 aliphatic carbocycles. The van der Waals surface area contributed by atoms with Crippen molar-refractivity contribution in [1.82, 2.24) is 10.2 Å². The standard InChI is InChI=1S/C31H45F2N3O3/c1-7-11-36(12-8-2)29(37)23-13-21(3)14-24(18-23)30(38)39-28(20-35-10-9-31(4,5)6)27(34)17-22-15-25(32)19-26(33)16-22/h13-16,18-19,27-28,35H,7-12,17,20,34H2,1-6H3/t27-,28+/m0/s1. The third-order valence-corrected chi connectivity index (χ3v) is 6.36. The first-order valence-corrected chi connectivity index (χ1v) is 13.9. The Morgan fingerprint density at radius 1 is 0.974 bits per heavy atom. The molecular weight excluding hydrogens is 500 g/mol. The number of amides is 1. The van der Waals surface area contributed by atoms with Crippen LogP contribution in [0.3, 0.4) is 0 Å². The lowest BCUT2D eigenvalue weighted by atomic mass is 9.92. The molecule has 0 aliphatic heterocycles. The number of hydrogen-bond acceptors (Lipinski definition) is 5. The maximum atomic E-state index is 13.8. The van der Waals surface area contributed by atoms with Crippen LogP contribution in [0.25, 0.3) is 0 Å². The highest BCUT2D eigenvalue weighted by Crippen LogP contribution is 2.19. The van der Waals surface area contributed by atoms with Gasteiger partial charge in [0.05, 0.1) is 5.56 Å². The highest BCUT2D eigenvalue weighted by molar-refractivity contribution is 5.98. The summed E-state index contributed by atoms with van der Waals surface area (Å²) in [5.41, 5.74) is 8.39. The molecular formula is C31H45F2N3O3. The zero-order chi connectivity index (χ0) is 29.2. The Kier molecular flexibility index (Phi) is 12.5. The molecule has 2 atom stereocenters. The van der Waals surface area contributed by atoms with Crippen molar-refractivity contribution in [3.8, 4) is 0 Å². The van der Waals surface area contributed by atoms with Gasteiger partial charge in [-0.15, -0.1) is 0 Å². The zero-order valence-corrected chi connectivity index (χ0v) is 24.3. The second-order valence-electron chi connectivity index (χ2n) is 11.5. The Bertz CT molecular complexity index is 1070. The summed E-state index contributed by atoms with van der Waals surface area (Å²) in [7, 11) is 0. The average Bonchev–Trinajstić information content (AvgIpc) is 2.83. The summed E-state index contributed by atoms with van der Waals surface area (Å²) in [5.74, 6) is -2.10. The van der Waals surface area contributed by atoms with Crippen LogP contribution in [0.4, 0.5) is 8.78 Å². The Labute approximate surface area is 232 Å². The number of carbonyl (C=O) groups is 2. The molecule has 0 bridgehead atoms. The molecule has 0 heterocycles. The lowest BCUT2D eigenvalue weighted by Crippen LogP contribution is -2.46. The monoisotopic (exact) mass is 545 g/mol. The van der Waals surface area contributed by atoms with E-state index in [2.05, 4.69) is 26.1 Å². The number of nitrogens with two attached hydrogens (primary N) is 1. The molecule has 39 heavy (non-hydrogen) atoms. The number of esters is 1. The van der Waals surface area contributed by atoms with Gasteiger partial charge in [0.25, 0.3) is 5.91 Å². The third-order valence-electron chi connectivity index (χ3n) is 6.36. The van der Waals surface area contributed by atoms with Crippen molar-refractivity contribution >= 4 is 11.9 Å².